The number of esters is 2. The normalized spacial score (nSPS) is 25.1. The van der Waals surface area contributed by atoms with Gasteiger partial charge < -0.3 is 4.74 Å². The Morgan fingerprint density at radius 1 is 1.60 bits per heavy atom. The maximum atomic E-state index is 10.7. The smallest absolute Gasteiger partial charge is 0.317 e. The highest BCUT2D eigenvalue weighted by Crippen LogP contribution is 2.20. The summed E-state index contributed by atoms with van der Waals surface area (Å²) >= 11 is 0. The van der Waals surface area contributed by atoms with E-state index in [1.54, 1.807) is 0 Å². The van der Waals surface area contributed by atoms with Crippen LogP contribution in [-0.4, -0.2) is 11.9 Å². The summed E-state index contributed by atoms with van der Waals surface area (Å²) in [5, 5.41) is 0. The first-order valence-electron chi connectivity index (χ1n) is 3.28. The van der Waals surface area contributed by atoms with Crippen molar-refractivity contribution in [3.63, 3.8) is 0 Å². The highest BCUT2D eigenvalue weighted by Gasteiger charge is 2.32. The number of cyclic esters (lactones) is 2. The number of ether oxygens (including phenoxy) is 1. The summed E-state index contributed by atoms with van der Waals surface area (Å²) in [5.74, 6) is -0.998. The topological polar surface area (TPSA) is 43.4 Å². The van der Waals surface area contributed by atoms with Gasteiger partial charge in [0.1, 0.15) is 0 Å². The Kier molecular flexibility index (Phi) is 2.04. The SMILES string of the molecule is [CH2]CCC1CC(=O)OC1=O. The van der Waals surface area contributed by atoms with Crippen molar-refractivity contribution in [2.24, 2.45) is 5.92 Å². The molecule has 0 aliphatic carbocycles. The van der Waals surface area contributed by atoms with E-state index in [1.165, 1.54) is 0 Å². The van der Waals surface area contributed by atoms with Crippen molar-refractivity contribution in [1.82, 2.24) is 0 Å². The largest absolute Gasteiger partial charge is 0.393 e. The quantitative estimate of drug-likeness (QED) is 0.419. The van der Waals surface area contributed by atoms with Gasteiger partial charge >= 0.3 is 11.9 Å². The molecule has 0 aromatic carbocycles. The van der Waals surface area contributed by atoms with E-state index >= 15 is 0 Å². The molecule has 1 rings (SSSR count). The average molecular weight is 141 g/mol. The Balaban J connectivity index is 2.46. The third kappa shape index (κ3) is 1.35. The van der Waals surface area contributed by atoms with Gasteiger partial charge in [-0.25, -0.2) is 0 Å². The van der Waals surface area contributed by atoms with E-state index < -0.39 is 5.97 Å². The van der Waals surface area contributed by atoms with Gasteiger partial charge in [0.25, 0.3) is 0 Å². The van der Waals surface area contributed by atoms with Crippen molar-refractivity contribution in [3.05, 3.63) is 6.92 Å². The number of hydrogen-bond donors (Lipinski definition) is 0. The molecule has 3 heteroatoms. The third-order valence-corrected chi connectivity index (χ3v) is 1.51. The molecular weight excluding hydrogens is 132 g/mol. The van der Waals surface area contributed by atoms with Crippen molar-refractivity contribution < 1.29 is 14.3 Å². The minimum Gasteiger partial charge on any atom is -0.393 e. The molecule has 1 aliphatic rings. The number of hydrogen-bond acceptors (Lipinski definition) is 3. The molecule has 3 nitrogen and oxygen atoms in total. The fourth-order valence-electron chi connectivity index (χ4n) is 0.988. The van der Waals surface area contributed by atoms with Crippen LogP contribution in [0.2, 0.25) is 0 Å². The third-order valence-electron chi connectivity index (χ3n) is 1.51. The van der Waals surface area contributed by atoms with Crippen LogP contribution in [0.25, 0.3) is 0 Å². The van der Waals surface area contributed by atoms with Gasteiger partial charge in [-0.05, 0) is 6.42 Å². The van der Waals surface area contributed by atoms with Crippen LogP contribution in [0.1, 0.15) is 19.3 Å². The highest BCUT2D eigenvalue weighted by atomic mass is 16.6. The van der Waals surface area contributed by atoms with E-state index in [9.17, 15) is 9.59 Å². The van der Waals surface area contributed by atoms with Gasteiger partial charge in [-0.2, -0.15) is 0 Å². The molecule has 0 bridgehead atoms. The van der Waals surface area contributed by atoms with E-state index in [4.69, 9.17) is 0 Å². The van der Waals surface area contributed by atoms with E-state index in [-0.39, 0.29) is 18.3 Å². The van der Waals surface area contributed by atoms with Crippen LogP contribution >= 0.6 is 0 Å². The van der Waals surface area contributed by atoms with Crippen LogP contribution in [0.15, 0.2) is 0 Å². The number of carbonyl (C=O) groups excluding carboxylic acids is 2. The maximum absolute atomic E-state index is 10.7. The maximum Gasteiger partial charge on any atom is 0.317 e. The fraction of sp³-hybridized carbons (Fsp3) is 0.571. The molecule has 0 saturated carbocycles. The molecule has 1 atom stereocenters. The molecule has 0 aromatic heterocycles. The summed E-state index contributed by atoms with van der Waals surface area (Å²) in [4.78, 5) is 21.2. The molecule has 1 saturated heterocycles. The van der Waals surface area contributed by atoms with Gasteiger partial charge in [0, 0.05) is 0 Å². The minimum absolute atomic E-state index is 0.218. The lowest BCUT2D eigenvalue weighted by Crippen LogP contribution is -2.06. The second kappa shape index (κ2) is 2.82. The molecule has 55 valence electrons. The summed E-state index contributed by atoms with van der Waals surface area (Å²) in [7, 11) is 0. The van der Waals surface area contributed by atoms with Crippen LogP contribution in [0, 0.1) is 12.8 Å². The Hall–Kier alpha value is -0.860. The van der Waals surface area contributed by atoms with E-state index in [0.29, 0.717) is 12.8 Å². The van der Waals surface area contributed by atoms with Gasteiger partial charge in [0.05, 0.1) is 12.3 Å². The molecule has 1 heterocycles. The Bertz CT molecular complexity index is 162. The van der Waals surface area contributed by atoms with Crippen molar-refractivity contribution in [3.8, 4) is 0 Å². The van der Waals surface area contributed by atoms with Crippen molar-refractivity contribution in [2.45, 2.75) is 19.3 Å². The van der Waals surface area contributed by atoms with Crippen LogP contribution in [0.5, 0.6) is 0 Å². The zero-order valence-electron chi connectivity index (χ0n) is 5.63. The van der Waals surface area contributed by atoms with Crippen LogP contribution in [0.4, 0.5) is 0 Å². The first kappa shape index (κ1) is 7.25. The van der Waals surface area contributed by atoms with Gasteiger partial charge in [0.15, 0.2) is 0 Å². The predicted molar refractivity (Wildman–Crippen MR) is 33.8 cm³/mol. The average Bonchev–Trinajstić information content (AvgIpc) is 2.13. The van der Waals surface area contributed by atoms with Gasteiger partial charge in [-0.1, -0.05) is 13.3 Å². The molecule has 0 amide bonds. The molecule has 10 heavy (non-hydrogen) atoms. The number of rotatable bonds is 2. The Morgan fingerprint density at radius 2 is 2.30 bits per heavy atom. The summed E-state index contributed by atoms with van der Waals surface area (Å²) in [6.07, 6.45) is 1.58. The lowest BCUT2D eigenvalue weighted by atomic mass is 10.0. The second-order valence-electron chi connectivity index (χ2n) is 2.34. The minimum atomic E-state index is -0.400. The number of carbonyl (C=O) groups is 2. The predicted octanol–water partition coefficient (Wildman–Crippen LogP) is 0.690. The van der Waals surface area contributed by atoms with E-state index in [1.807, 2.05) is 0 Å². The lowest BCUT2D eigenvalue weighted by Gasteiger charge is -1.97. The Morgan fingerprint density at radius 3 is 2.70 bits per heavy atom. The van der Waals surface area contributed by atoms with E-state index in [0.717, 1.165) is 0 Å². The molecule has 1 fully saturated rings. The van der Waals surface area contributed by atoms with Crippen LogP contribution < -0.4 is 0 Å². The zero-order chi connectivity index (χ0) is 7.56. The van der Waals surface area contributed by atoms with Crippen molar-refractivity contribution >= 4 is 11.9 Å². The van der Waals surface area contributed by atoms with Gasteiger partial charge in [0.2, 0.25) is 0 Å². The summed E-state index contributed by atoms with van der Waals surface area (Å²) in [6, 6.07) is 0. The summed E-state index contributed by atoms with van der Waals surface area (Å²) in [5.41, 5.74) is 0. The highest BCUT2D eigenvalue weighted by molar-refractivity contribution is 5.94. The zero-order valence-corrected chi connectivity index (χ0v) is 5.63. The molecule has 0 spiro atoms. The summed E-state index contributed by atoms with van der Waals surface area (Å²) in [6.45, 7) is 3.59. The van der Waals surface area contributed by atoms with Gasteiger partial charge in [-0.15, -0.1) is 0 Å². The first-order valence-corrected chi connectivity index (χ1v) is 3.28. The molecule has 1 unspecified atom stereocenters. The standard InChI is InChI=1S/C7H9O3/c1-2-3-5-4-6(8)10-7(5)9/h5H,1-4H2. The molecule has 1 radical (unpaired) electrons. The van der Waals surface area contributed by atoms with Crippen LogP contribution in [-0.2, 0) is 14.3 Å². The second-order valence-corrected chi connectivity index (χ2v) is 2.34. The van der Waals surface area contributed by atoms with Crippen LogP contribution in [0.3, 0.4) is 0 Å². The lowest BCUT2D eigenvalue weighted by molar-refractivity contribution is -0.153. The fourth-order valence-corrected chi connectivity index (χ4v) is 0.988. The molecule has 0 aromatic rings. The molecular formula is C7H9O3. The van der Waals surface area contributed by atoms with Gasteiger partial charge in [-0.3, -0.25) is 9.59 Å². The molecule has 0 N–H and O–H groups in total. The first-order chi connectivity index (χ1) is 4.74. The van der Waals surface area contributed by atoms with Crippen molar-refractivity contribution in [2.75, 3.05) is 0 Å². The Labute approximate surface area is 59.4 Å². The van der Waals surface area contributed by atoms with E-state index in [2.05, 4.69) is 11.7 Å². The molecule has 1 aliphatic heterocycles. The van der Waals surface area contributed by atoms with Crippen molar-refractivity contribution in [1.29, 1.82) is 0 Å². The summed E-state index contributed by atoms with van der Waals surface area (Å²) < 4.78 is 4.32. The monoisotopic (exact) mass is 141 g/mol.